The molecule has 7 heteroatoms. The van der Waals surface area contributed by atoms with E-state index in [2.05, 4.69) is 11.4 Å². The molecule has 2 heterocycles. The molecule has 1 aliphatic heterocycles. The molecular weight excluding hydrogens is 390 g/mol. The van der Waals surface area contributed by atoms with Gasteiger partial charge in [-0.25, -0.2) is 0 Å². The van der Waals surface area contributed by atoms with Crippen LogP contribution in [0.4, 0.5) is 0 Å². The van der Waals surface area contributed by atoms with Crippen molar-refractivity contribution in [3.05, 3.63) is 52.2 Å². The highest BCUT2D eigenvalue weighted by molar-refractivity contribution is 7.10. The number of carbonyl (C=O) groups excluding carboxylic acids is 1. The number of thiophene rings is 1. The van der Waals surface area contributed by atoms with Gasteiger partial charge < -0.3 is 19.9 Å². The number of nitrogens with one attached hydrogen (secondary N) is 1. The van der Waals surface area contributed by atoms with Crippen molar-refractivity contribution >= 4 is 23.2 Å². The summed E-state index contributed by atoms with van der Waals surface area (Å²) in [6.45, 7) is 1.73. The van der Waals surface area contributed by atoms with Crippen LogP contribution >= 0.6 is 11.3 Å². The second kappa shape index (κ2) is 9.89. The summed E-state index contributed by atoms with van der Waals surface area (Å²) in [6.07, 6.45) is 1.68. The van der Waals surface area contributed by atoms with Crippen molar-refractivity contribution in [1.29, 1.82) is 0 Å². The van der Waals surface area contributed by atoms with Gasteiger partial charge >= 0.3 is 5.97 Å². The fourth-order valence-corrected chi connectivity index (χ4v) is 4.79. The van der Waals surface area contributed by atoms with Crippen molar-refractivity contribution in [2.24, 2.45) is 0 Å². The SMILES string of the molecule is COc1ccccc1C1(CNC(=O)C[C@@H](CC(=O)O)c2cccs2)CCOCC1. The van der Waals surface area contributed by atoms with E-state index in [1.807, 2.05) is 35.7 Å². The molecule has 0 spiro atoms. The van der Waals surface area contributed by atoms with E-state index < -0.39 is 5.97 Å². The van der Waals surface area contributed by atoms with Crippen LogP contribution in [0.25, 0.3) is 0 Å². The van der Waals surface area contributed by atoms with E-state index >= 15 is 0 Å². The number of aliphatic carboxylic acids is 1. The highest BCUT2D eigenvalue weighted by Gasteiger charge is 2.37. The maximum Gasteiger partial charge on any atom is 0.304 e. The van der Waals surface area contributed by atoms with Crippen molar-refractivity contribution in [3.8, 4) is 5.75 Å². The number of methoxy groups -OCH3 is 1. The first-order valence-corrected chi connectivity index (χ1v) is 10.7. The number of hydrogen-bond acceptors (Lipinski definition) is 5. The van der Waals surface area contributed by atoms with Gasteiger partial charge in [0.05, 0.1) is 13.5 Å². The van der Waals surface area contributed by atoms with Gasteiger partial charge in [-0.1, -0.05) is 24.3 Å². The van der Waals surface area contributed by atoms with Crippen molar-refractivity contribution in [2.75, 3.05) is 26.9 Å². The van der Waals surface area contributed by atoms with Crippen LogP contribution in [-0.2, 0) is 19.7 Å². The zero-order valence-corrected chi connectivity index (χ0v) is 17.4. The normalized spacial score (nSPS) is 16.7. The van der Waals surface area contributed by atoms with Crippen LogP contribution in [-0.4, -0.2) is 43.9 Å². The van der Waals surface area contributed by atoms with Crippen LogP contribution < -0.4 is 10.1 Å². The molecule has 0 saturated carbocycles. The minimum atomic E-state index is -0.897. The number of carbonyl (C=O) groups is 2. The van der Waals surface area contributed by atoms with Crippen molar-refractivity contribution < 1.29 is 24.2 Å². The van der Waals surface area contributed by atoms with Gasteiger partial charge in [0.2, 0.25) is 5.91 Å². The van der Waals surface area contributed by atoms with Gasteiger partial charge in [0.15, 0.2) is 0 Å². The number of rotatable bonds is 9. The Bertz CT molecular complexity index is 814. The molecule has 1 aromatic carbocycles. The monoisotopic (exact) mass is 417 g/mol. The molecule has 3 rings (SSSR count). The lowest BCUT2D eigenvalue weighted by molar-refractivity contribution is -0.137. The van der Waals surface area contributed by atoms with Gasteiger partial charge in [-0.15, -0.1) is 11.3 Å². The van der Waals surface area contributed by atoms with Crippen LogP contribution in [0.5, 0.6) is 5.75 Å². The molecule has 1 atom stereocenters. The van der Waals surface area contributed by atoms with Crippen molar-refractivity contribution in [2.45, 2.75) is 37.0 Å². The number of ether oxygens (including phenoxy) is 2. The van der Waals surface area contributed by atoms with Gasteiger partial charge in [-0.2, -0.15) is 0 Å². The molecular formula is C22H27NO5S. The molecule has 2 aromatic rings. The summed E-state index contributed by atoms with van der Waals surface area (Å²) in [7, 11) is 1.65. The quantitative estimate of drug-likeness (QED) is 0.652. The number of para-hydroxylation sites is 1. The molecule has 2 N–H and O–H groups in total. The molecule has 1 fully saturated rings. The Labute approximate surface area is 174 Å². The summed E-state index contributed by atoms with van der Waals surface area (Å²) < 4.78 is 11.1. The Morgan fingerprint density at radius 2 is 1.97 bits per heavy atom. The third-order valence-electron chi connectivity index (χ3n) is 5.55. The average Bonchev–Trinajstić information content (AvgIpc) is 3.27. The van der Waals surface area contributed by atoms with E-state index in [9.17, 15) is 14.7 Å². The van der Waals surface area contributed by atoms with Gasteiger partial charge in [-0.05, 0) is 30.4 Å². The molecule has 6 nitrogen and oxygen atoms in total. The molecule has 1 aliphatic rings. The summed E-state index contributed by atoms with van der Waals surface area (Å²) in [4.78, 5) is 24.9. The Morgan fingerprint density at radius 3 is 2.62 bits per heavy atom. The second-order valence-electron chi connectivity index (χ2n) is 7.38. The molecule has 0 aliphatic carbocycles. The molecule has 1 amide bonds. The van der Waals surface area contributed by atoms with Gasteiger partial charge in [0, 0.05) is 48.0 Å². The summed E-state index contributed by atoms with van der Waals surface area (Å²) in [6, 6.07) is 11.7. The lowest BCUT2D eigenvalue weighted by Crippen LogP contribution is -2.45. The maximum atomic E-state index is 12.7. The first-order chi connectivity index (χ1) is 14.0. The Hall–Kier alpha value is -2.38. The number of carboxylic acid groups (broad SMARTS) is 1. The number of hydrogen-bond donors (Lipinski definition) is 2. The molecule has 156 valence electrons. The zero-order valence-electron chi connectivity index (χ0n) is 16.6. The van der Waals surface area contributed by atoms with E-state index in [-0.39, 0.29) is 30.1 Å². The number of carboxylic acids is 1. The minimum absolute atomic E-state index is 0.0561. The van der Waals surface area contributed by atoms with Crippen LogP contribution in [0.15, 0.2) is 41.8 Å². The summed E-state index contributed by atoms with van der Waals surface area (Å²) in [5, 5.41) is 14.2. The topological polar surface area (TPSA) is 84.9 Å². The van der Waals surface area contributed by atoms with Crippen molar-refractivity contribution in [3.63, 3.8) is 0 Å². The van der Waals surface area contributed by atoms with Gasteiger partial charge in [0.25, 0.3) is 0 Å². The fourth-order valence-electron chi connectivity index (χ4n) is 3.96. The highest BCUT2D eigenvalue weighted by Crippen LogP contribution is 2.39. The molecule has 29 heavy (non-hydrogen) atoms. The summed E-state index contributed by atoms with van der Waals surface area (Å²) in [5.74, 6) is -0.535. The molecule has 0 radical (unpaired) electrons. The van der Waals surface area contributed by atoms with Gasteiger partial charge in [0.1, 0.15) is 5.75 Å². The van der Waals surface area contributed by atoms with E-state index in [1.165, 1.54) is 11.3 Å². The summed E-state index contributed by atoms with van der Waals surface area (Å²) in [5.41, 5.74) is 0.817. The lowest BCUT2D eigenvalue weighted by Gasteiger charge is -2.38. The highest BCUT2D eigenvalue weighted by atomic mass is 32.1. The number of benzene rings is 1. The van der Waals surface area contributed by atoms with Crippen LogP contribution in [0.2, 0.25) is 0 Å². The smallest absolute Gasteiger partial charge is 0.304 e. The third kappa shape index (κ3) is 5.36. The maximum absolute atomic E-state index is 12.7. The molecule has 0 bridgehead atoms. The predicted molar refractivity (Wildman–Crippen MR) is 112 cm³/mol. The van der Waals surface area contributed by atoms with Crippen LogP contribution in [0, 0.1) is 0 Å². The number of amides is 1. The largest absolute Gasteiger partial charge is 0.496 e. The van der Waals surface area contributed by atoms with E-state index in [0.29, 0.717) is 19.8 Å². The third-order valence-corrected chi connectivity index (χ3v) is 6.59. The Kier molecular flexibility index (Phi) is 7.28. The Balaban J connectivity index is 1.72. The van der Waals surface area contributed by atoms with Gasteiger partial charge in [-0.3, -0.25) is 9.59 Å². The molecule has 1 saturated heterocycles. The van der Waals surface area contributed by atoms with E-state index in [1.54, 1.807) is 7.11 Å². The predicted octanol–water partition coefficient (Wildman–Crippen LogP) is 3.57. The van der Waals surface area contributed by atoms with Crippen LogP contribution in [0.3, 0.4) is 0 Å². The Morgan fingerprint density at radius 1 is 1.21 bits per heavy atom. The second-order valence-corrected chi connectivity index (χ2v) is 8.36. The van der Waals surface area contributed by atoms with E-state index in [0.717, 1.165) is 29.0 Å². The fraction of sp³-hybridized carbons (Fsp3) is 0.455. The van der Waals surface area contributed by atoms with Crippen LogP contribution in [0.1, 0.15) is 42.0 Å². The van der Waals surface area contributed by atoms with E-state index in [4.69, 9.17) is 9.47 Å². The minimum Gasteiger partial charge on any atom is -0.496 e. The lowest BCUT2D eigenvalue weighted by atomic mass is 9.73. The zero-order chi connectivity index (χ0) is 20.7. The molecule has 1 aromatic heterocycles. The average molecular weight is 418 g/mol. The first-order valence-electron chi connectivity index (χ1n) is 9.77. The molecule has 0 unspecified atom stereocenters. The summed E-state index contributed by atoms with van der Waals surface area (Å²) >= 11 is 1.49. The standard InChI is InChI=1S/C22H27NO5S/c1-27-18-6-3-2-5-17(18)22(8-10-28-11-9-22)15-23-20(24)13-16(14-21(25)26)19-7-4-12-29-19/h2-7,12,16H,8-11,13-15H2,1H3,(H,23,24)(H,25,26)/t16-/m0/s1. The van der Waals surface area contributed by atoms with Crippen molar-refractivity contribution in [1.82, 2.24) is 5.32 Å². The first kappa shape index (κ1) is 21.3.